The van der Waals surface area contributed by atoms with Crippen LogP contribution in [0.5, 0.6) is 0 Å². The van der Waals surface area contributed by atoms with E-state index in [-0.39, 0.29) is 5.91 Å². The molecule has 0 spiro atoms. The Morgan fingerprint density at radius 2 is 1.79 bits per heavy atom. The molecule has 0 unspecified atom stereocenters. The fraction of sp³-hybridized carbons (Fsp3) is 0. The van der Waals surface area contributed by atoms with Crippen molar-refractivity contribution in [2.45, 2.75) is 0 Å². The molecule has 0 fully saturated rings. The Morgan fingerprint density at radius 3 is 2.57 bits per heavy atom. The summed E-state index contributed by atoms with van der Waals surface area (Å²) < 4.78 is 0. The molecule has 4 rings (SSSR count). The molecule has 1 amide bonds. The van der Waals surface area contributed by atoms with Crippen LogP contribution in [0.3, 0.4) is 0 Å². The lowest BCUT2D eigenvalue weighted by Crippen LogP contribution is -2.11. The molecular weight excluding hydrogens is 370 g/mol. The van der Waals surface area contributed by atoms with Crippen molar-refractivity contribution in [2.75, 3.05) is 5.32 Å². The van der Waals surface area contributed by atoms with Crippen molar-refractivity contribution in [1.29, 1.82) is 5.26 Å². The Hall–Kier alpha value is -3.68. The SMILES string of the molecule is N#Cc1ccc(C(=O)Nc2ccc(Cl)c(-c3nccc4ccccc34)c2)cc1. The largest absolute Gasteiger partial charge is 0.322 e. The molecule has 5 heteroatoms. The molecule has 1 aromatic heterocycles. The summed E-state index contributed by atoms with van der Waals surface area (Å²) in [6, 6.07) is 23.7. The number of fused-ring (bicyclic) bond motifs is 1. The van der Waals surface area contributed by atoms with Gasteiger partial charge in [-0.1, -0.05) is 35.9 Å². The number of nitrogens with one attached hydrogen (secondary N) is 1. The van der Waals surface area contributed by atoms with Gasteiger partial charge in [0.15, 0.2) is 0 Å². The van der Waals surface area contributed by atoms with Gasteiger partial charge in [-0.3, -0.25) is 9.78 Å². The van der Waals surface area contributed by atoms with Crippen LogP contribution >= 0.6 is 11.6 Å². The smallest absolute Gasteiger partial charge is 0.255 e. The molecule has 4 aromatic rings. The minimum atomic E-state index is -0.261. The monoisotopic (exact) mass is 383 g/mol. The van der Waals surface area contributed by atoms with Gasteiger partial charge in [-0.15, -0.1) is 0 Å². The number of benzene rings is 3. The van der Waals surface area contributed by atoms with E-state index in [1.807, 2.05) is 42.5 Å². The third kappa shape index (κ3) is 3.44. The number of nitriles is 1. The summed E-state index contributed by atoms with van der Waals surface area (Å²) in [6.45, 7) is 0. The standard InChI is InChI=1S/C23H14ClN3O/c24-21-10-9-18(27-23(28)17-7-5-15(14-25)6-8-17)13-20(21)22-19-4-2-1-3-16(19)11-12-26-22/h1-13H,(H,27,28). The molecule has 0 atom stereocenters. The van der Waals surface area contributed by atoms with Gasteiger partial charge in [0.1, 0.15) is 0 Å². The Bertz CT molecular complexity index is 1220. The van der Waals surface area contributed by atoms with Gasteiger partial charge in [0.05, 0.1) is 22.3 Å². The highest BCUT2D eigenvalue weighted by molar-refractivity contribution is 6.33. The number of carbonyl (C=O) groups excluding carboxylic acids is 1. The Labute approximate surface area is 167 Å². The molecule has 4 nitrogen and oxygen atoms in total. The van der Waals surface area contributed by atoms with Crippen LogP contribution in [0.25, 0.3) is 22.0 Å². The van der Waals surface area contributed by atoms with Gasteiger partial charge in [0.25, 0.3) is 5.91 Å². The Kier molecular flexibility index (Phi) is 4.76. The quantitative estimate of drug-likeness (QED) is 0.495. The fourth-order valence-corrected chi connectivity index (χ4v) is 3.23. The summed E-state index contributed by atoms with van der Waals surface area (Å²) in [7, 11) is 0. The van der Waals surface area contributed by atoms with Crippen molar-refractivity contribution >= 4 is 34.0 Å². The minimum Gasteiger partial charge on any atom is -0.322 e. The first-order chi connectivity index (χ1) is 13.7. The van der Waals surface area contributed by atoms with E-state index in [4.69, 9.17) is 16.9 Å². The first kappa shape index (κ1) is 17.7. The molecule has 0 aliphatic heterocycles. The predicted molar refractivity (Wildman–Crippen MR) is 111 cm³/mol. The van der Waals surface area contributed by atoms with Gasteiger partial charge >= 0.3 is 0 Å². The van der Waals surface area contributed by atoms with E-state index in [0.717, 1.165) is 22.0 Å². The molecule has 0 aliphatic rings. The summed E-state index contributed by atoms with van der Waals surface area (Å²) in [5.41, 5.74) is 3.10. The van der Waals surface area contributed by atoms with Gasteiger partial charge in [0, 0.05) is 28.4 Å². The highest BCUT2D eigenvalue weighted by Gasteiger charge is 2.12. The highest BCUT2D eigenvalue weighted by atomic mass is 35.5. The first-order valence-corrected chi connectivity index (χ1v) is 8.99. The zero-order chi connectivity index (χ0) is 19.5. The second-order valence-corrected chi connectivity index (χ2v) is 6.63. The maximum Gasteiger partial charge on any atom is 0.255 e. The lowest BCUT2D eigenvalue weighted by atomic mass is 10.0. The molecule has 134 valence electrons. The molecule has 3 aromatic carbocycles. The molecule has 0 radical (unpaired) electrons. The van der Waals surface area contributed by atoms with Crippen molar-refractivity contribution in [2.24, 2.45) is 0 Å². The number of aromatic nitrogens is 1. The van der Waals surface area contributed by atoms with Crippen molar-refractivity contribution < 1.29 is 4.79 Å². The molecule has 28 heavy (non-hydrogen) atoms. The number of hydrogen-bond donors (Lipinski definition) is 1. The summed E-state index contributed by atoms with van der Waals surface area (Å²) in [4.78, 5) is 17.0. The molecule has 1 N–H and O–H groups in total. The van der Waals surface area contributed by atoms with Crippen LogP contribution < -0.4 is 5.32 Å². The van der Waals surface area contributed by atoms with E-state index < -0.39 is 0 Å². The van der Waals surface area contributed by atoms with Crippen molar-refractivity contribution in [3.05, 3.63) is 95.1 Å². The first-order valence-electron chi connectivity index (χ1n) is 8.61. The van der Waals surface area contributed by atoms with Crippen LogP contribution in [-0.4, -0.2) is 10.9 Å². The molecule has 0 bridgehead atoms. The van der Waals surface area contributed by atoms with Crippen molar-refractivity contribution in [3.63, 3.8) is 0 Å². The molecule has 0 saturated heterocycles. The summed E-state index contributed by atoms with van der Waals surface area (Å²) in [5, 5.41) is 14.4. The van der Waals surface area contributed by atoms with Crippen LogP contribution in [0.2, 0.25) is 5.02 Å². The normalized spacial score (nSPS) is 10.4. The Balaban J connectivity index is 1.69. The second-order valence-electron chi connectivity index (χ2n) is 6.22. The maximum atomic E-state index is 12.5. The maximum absolute atomic E-state index is 12.5. The number of rotatable bonds is 3. The number of halogens is 1. The number of hydrogen-bond acceptors (Lipinski definition) is 3. The van der Waals surface area contributed by atoms with E-state index in [1.54, 1.807) is 42.6 Å². The van der Waals surface area contributed by atoms with Gasteiger partial charge in [-0.05, 0) is 53.9 Å². The topological polar surface area (TPSA) is 65.8 Å². The predicted octanol–water partition coefficient (Wildman–Crippen LogP) is 5.68. The summed E-state index contributed by atoms with van der Waals surface area (Å²) in [6.07, 6.45) is 1.75. The van der Waals surface area contributed by atoms with Crippen LogP contribution in [0.15, 0.2) is 79.0 Å². The van der Waals surface area contributed by atoms with E-state index in [0.29, 0.717) is 21.8 Å². The average molecular weight is 384 g/mol. The van der Waals surface area contributed by atoms with Crippen LogP contribution in [0.4, 0.5) is 5.69 Å². The summed E-state index contributed by atoms with van der Waals surface area (Å²) in [5.74, 6) is -0.261. The molecular formula is C23H14ClN3O. The van der Waals surface area contributed by atoms with Crippen molar-refractivity contribution in [3.8, 4) is 17.3 Å². The minimum absolute atomic E-state index is 0.261. The second kappa shape index (κ2) is 7.51. The van der Waals surface area contributed by atoms with E-state index in [9.17, 15) is 4.79 Å². The molecule has 1 heterocycles. The van der Waals surface area contributed by atoms with E-state index >= 15 is 0 Å². The molecule has 0 aliphatic carbocycles. The zero-order valence-electron chi connectivity index (χ0n) is 14.7. The molecule has 0 saturated carbocycles. The number of anilines is 1. The van der Waals surface area contributed by atoms with Crippen molar-refractivity contribution in [1.82, 2.24) is 4.98 Å². The number of carbonyl (C=O) groups is 1. The van der Waals surface area contributed by atoms with Crippen LogP contribution in [0, 0.1) is 11.3 Å². The van der Waals surface area contributed by atoms with Gasteiger partial charge in [0.2, 0.25) is 0 Å². The number of pyridine rings is 1. The number of nitrogens with zero attached hydrogens (tertiary/aromatic N) is 2. The highest BCUT2D eigenvalue weighted by Crippen LogP contribution is 2.33. The van der Waals surface area contributed by atoms with Gasteiger partial charge in [-0.25, -0.2) is 0 Å². The lowest BCUT2D eigenvalue weighted by Gasteiger charge is -2.11. The summed E-state index contributed by atoms with van der Waals surface area (Å²) >= 11 is 6.43. The van der Waals surface area contributed by atoms with Gasteiger partial charge < -0.3 is 5.32 Å². The third-order valence-electron chi connectivity index (χ3n) is 4.43. The Morgan fingerprint density at radius 1 is 1.00 bits per heavy atom. The fourth-order valence-electron chi connectivity index (χ4n) is 3.02. The van der Waals surface area contributed by atoms with Crippen LogP contribution in [0.1, 0.15) is 15.9 Å². The lowest BCUT2D eigenvalue weighted by molar-refractivity contribution is 0.102. The van der Waals surface area contributed by atoms with E-state index in [1.165, 1.54) is 0 Å². The van der Waals surface area contributed by atoms with E-state index in [2.05, 4.69) is 10.3 Å². The van der Waals surface area contributed by atoms with Gasteiger partial charge in [-0.2, -0.15) is 5.26 Å². The third-order valence-corrected chi connectivity index (χ3v) is 4.76. The average Bonchev–Trinajstić information content (AvgIpc) is 2.75. The van der Waals surface area contributed by atoms with Crippen LogP contribution in [-0.2, 0) is 0 Å². The number of amides is 1. The zero-order valence-corrected chi connectivity index (χ0v) is 15.4.